The molecular formula is C17H26N2O2. The van der Waals surface area contributed by atoms with Crippen LogP contribution in [0.1, 0.15) is 50.9 Å². The van der Waals surface area contributed by atoms with Crippen LogP contribution in [0.15, 0.2) is 24.3 Å². The summed E-state index contributed by atoms with van der Waals surface area (Å²) in [7, 11) is 0. The van der Waals surface area contributed by atoms with Crippen molar-refractivity contribution in [2.24, 2.45) is 5.92 Å². The Labute approximate surface area is 127 Å². The lowest BCUT2D eigenvalue weighted by Crippen LogP contribution is -2.31. The molecule has 116 valence electrons. The number of anilines is 1. The second-order valence-corrected chi connectivity index (χ2v) is 5.46. The Morgan fingerprint density at radius 1 is 1.24 bits per heavy atom. The van der Waals surface area contributed by atoms with Crippen molar-refractivity contribution in [3.8, 4) is 0 Å². The molecule has 4 heteroatoms. The fourth-order valence-corrected chi connectivity index (χ4v) is 1.95. The molecule has 0 heterocycles. The van der Waals surface area contributed by atoms with Crippen LogP contribution in [0.2, 0.25) is 0 Å². The van der Waals surface area contributed by atoms with Crippen LogP contribution in [0.5, 0.6) is 0 Å². The van der Waals surface area contributed by atoms with E-state index in [1.807, 2.05) is 25.7 Å². The highest BCUT2D eigenvalue weighted by Crippen LogP contribution is 2.14. The molecule has 0 bridgehead atoms. The van der Waals surface area contributed by atoms with Gasteiger partial charge in [-0.05, 0) is 31.5 Å². The maximum absolute atomic E-state index is 12.5. The van der Waals surface area contributed by atoms with E-state index < -0.39 is 0 Å². The van der Waals surface area contributed by atoms with Gasteiger partial charge in [0.15, 0.2) is 0 Å². The van der Waals surface area contributed by atoms with Crippen molar-refractivity contribution in [2.75, 3.05) is 18.4 Å². The van der Waals surface area contributed by atoms with E-state index >= 15 is 0 Å². The largest absolute Gasteiger partial charge is 0.339 e. The molecule has 0 radical (unpaired) electrons. The third kappa shape index (κ3) is 5.21. The number of hydrogen-bond donors (Lipinski definition) is 1. The highest BCUT2D eigenvalue weighted by molar-refractivity contribution is 5.97. The van der Waals surface area contributed by atoms with Gasteiger partial charge in [-0.2, -0.15) is 0 Å². The second-order valence-electron chi connectivity index (χ2n) is 5.46. The van der Waals surface area contributed by atoms with E-state index in [9.17, 15) is 9.59 Å². The zero-order chi connectivity index (χ0) is 15.8. The summed E-state index contributed by atoms with van der Waals surface area (Å²) in [5, 5.41) is 2.83. The third-order valence-electron chi connectivity index (χ3n) is 3.35. The van der Waals surface area contributed by atoms with Crippen molar-refractivity contribution in [3.05, 3.63) is 29.8 Å². The summed E-state index contributed by atoms with van der Waals surface area (Å²) in [5.41, 5.74) is 1.29. The maximum atomic E-state index is 12.5. The van der Waals surface area contributed by atoms with Gasteiger partial charge in [0.1, 0.15) is 0 Å². The Balaban J connectivity index is 2.83. The summed E-state index contributed by atoms with van der Waals surface area (Å²) < 4.78 is 0. The van der Waals surface area contributed by atoms with Gasteiger partial charge in [0.05, 0.1) is 0 Å². The summed E-state index contributed by atoms with van der Waals surface area (Å²) in [4.78, 5) is 26.0. The molecule has 2 amide bonds. The number of benzene rings is 1. The van der Waals surface area contributed by atoms with Crippen molar-refractivity contribution in [1.82, 2.24) is 4.90 Å². The smallest absolute Gasteiger partial charge is 0.253 e. The molecule has 0 unspecified atom stereocenters. The number of nitrogens with one attached hydrogen (secondary N) is 1. The van der Waals surface area contributed by atoms with E-state index in [4.69, 9.17) is 0 Å². The number of amides is 2. The molecular weight excluding hydrogens is 264 g/mol. The lowest BCUT2D eigenvalue weighted by Gasteiger charge is -2.21. The molecule has 1 N–H and O–H groups in total. The van der Waals surface area contributed by atoms with E-state index in [0.717, 1.165) is 19.4 Å². The molecule has 0 saturated heterocycles. The average molecular weight is 290 g/mol. The molecule has 0 atom stereocenters. The predicted molar refractivity (Wildman–Crippen MR) is 86.4 cm³/mol. The monoisotopic (exact) mass is 290 g/mol. The Bertz CT molecular complexity index is 483. The first kappa shape index (κ1) is 17.2. The quantitative estimate of drug-likeness (QED) is 0.835. The van der Waals surface area contributed by atoms with Crippen molar-refractivity contribution >= 4 is 17.5 Å². The lowest BCUT2D eigenvalue weighted by molar-refractivity contribution is -0.118. The predicted octanol–water partition coefficient (Wildman–Crippen LogP) is 3.54. The first-order chi connectivity index (χ1) is 9.99. The highest BCUT2D eigenvalue weighted by Gasteiger charge is 2.14. The van der Waals surface area contributed by atoms with E-state index in [1.54, 1.807) is 24.3 Å². The van der Waals surface area contributed by atoms with E-state index in [-0.39, 0.29) is 17.7 Å². The van der Waals surface area contributed by atoms with Crippen LogP contribution in [-0.4, -0.2) is 29.8 Å². The van der Waals surface area contributed by atoms with E-state index in [0.29, 0.717) is 17.8 Å². The van der Waals surface area contributed by atoms with Crippen molar-refractivity contribution < 1.29 is 9.59 Å². The highest BCUT2D eigenvalue weighted by atomic mass is 16.2. The minimum Gasteiger partial charge on any atom is -0.339 e. The Hall–Kier alpha value is -1.84. The van der Waals surface area contributed by atoms with Gasteiger partial charge in [-0.15, -0.1) is 0 Å². The van der Waals surface area contributed by atoms with Gasteiger partial charge >= 0.3 is 0 Å². The number of nitrogens with zero attached hydrogens (tertiary/aromatic N) is 1. The van der Waals surface area contributed by atoms with Gasteiger partial charge in [-0.25, -0.2) is 0 Å². The van der Waals surface area contributed by atoms with Crippen LogP contribution >= 0.6 is 0 Å². The molecule has 1 rings (SSSR count). The van der Waals surface area contributed by atoms with Gasteiger partial charge in [0.25, 0.3) is 5.91 Å². The molecule has 4 nitrogen and oxygen atoms in total. The van der Waals surface area contributed by atoms with E-state index in [1.165, 1.54) is 0 Å². The van der Waals surface area contributed by atoms with Crippen LogP contribution in [0.3, 0.4) is 0 Å². The second kappa shape index (κ2) is 8.45. The SMILES string of the molecule is CCCCN(CC)C(=O)c1cccc(NC(=O)C(C)C)c1. The topological polar surface area (TPSA) is 49.4 Å². The summed E-state index contributed by atoms with van der Waals surface area (Å²) in [6, 6.07) is 7.15. The van der Waals surface area contributed by atoms with Crippen molar-refractivity contribution in [3.63, 3.8) is 0 Å². The van der Waals surface area contributed by atoms with Gasteiger partial charge in [-0.1, -0.05) is 33.3 Å². The molecule has 0 aliphatic carbocycles. The van der Waals surface area contributed by atoms with Crippen molar-refractivity contribution in [1.29, 1.82) is 0 Å². The summed E-state index contributed by atoms with van der Waals surface area (Å²) in [5.74, 6) is -0.106. The number of rotatable bonds is 7. The summed E-state index contributed by atoms with van der Waals surface area (Å²) in [6.45, 7) is 9.25. The van der Waals surface area contributed by atoms with Crippen LogP contribution in [0.4, 0.5) is 5.69 Å². The normalized spacial score (nSPS) is 10.5. The zero-order valence-electron chi connectivity index (χ0n) is 13.5. The first-order valence-electron chi connectivity index (χ1n) is 7.69. The zero-order valence-corrected chi connectivity index (χ0v) is 13.5. The van der Waals surface area contributed by atoms with Gasteiger partial charge in [0.2, 0.25) is 5.91 Å². The molecule has 1 aromatic carbocycles. The van der Waals surface area contributed by atoms with Gasteiger partial charge in [-0.3, -0.25) is 9.59 Å². The molecule has 0 aromatic heterocycles. The standard InChI is InChI=1S/C17H26N2O2/c1-5-7-11-19(6-2)17(21)14-9-8-10-15(12-14)18-16(20)13(3)4/h8-10,12-13H,5-7,11H2,1-4H3,(H,18,20). The number of carbonyl (C=O) groups excluding carboxylic acids is 2. The molecule has 0 aliphatic rings. The summed E-state index contributed by atoms with van der Waals surface area (Å²) in [6.07, 6.45) is 2.07. The van der Waals surface area contributed by atoms with Crippen LogP contribution in [0, 0.1) is 5.92 Å². The lowest BCUT2D eigenvalue weighted by atomic mass is 10.1. The minimum atomic E-state index is -0.0824. The Morgan fingerprint density at radius 3 is 2.52 bits per heavy atom. The third-order valence-corrected chi connectivity index (χ3v) is 3.35. The molecule has 0 fully saturated rings. The van der Waals surface area contributed by atoms with Gasteiger partial charge < -0.3 is 10.2 Å². The molecule has 0 saturated carbocycles. The van der Waals surface area contributed by atoms with E-state index in [2.05, 4.69) is 12.2 Å². The number of unbranched alkanes of at least 4 members (excludes halogenated alkanes) is 1. The number of hydrogen-bond acceptors (Lipinski definition) is 2. The fourth-order valence-electron chi connectivity index (χ4n) is 1.95. The molecule has 1 aromatic rings. The first-order valence-corrected chi connectivity index (χ1v) is 7.69. The summed E-state index contributed by atoms with van der Waals surface area (Å²) >= 11 is 0. The average Bonchev–Trinajstić information content (AvgIpc) is 2.48. The van der Waals surface area contributed by atoms with Crippen LogP contribution in [0.25, 0.3) is 0 Å². The minimum absolute atomic E-state index is 0.0200. The van der Waals surface area contributed by atoms with Crippen LogP contribution in [-0.2, 0) is 4.79 Å². The van der Waals surface area contributed by atoms with Crippen LogP contribution < -0.4 is 5.32 Å². The molecule has 21 heavy (non-hydrogen) atoms. The Morgan fingerprint density at radius 2 is 1.95 bits per heavy atom. The van der Waals surface area contributed by atoms with Crippen molar-refractivity contribution in [2.45, 2.75) is 40.5 Å². The molecule has 0 spiro atoms. The Kier molecular flexibility index (Phi) is 6.92. The van der Waals surface area contributed by atoms with Gasteiger partial charge in [0, 0.05) is 30.3 Å². The number of carbonyl (C=O) groups is 2. The molecule has 0 aliphatic heterocycles. The fraction of sp³-hybridized carbons (Fsp3) is 0.529. The maximum Gasteiger partial charge on any atom is 0.253 e.